The van der Waals surface area contributed by atoms with E-state index < -0.39 is 0 Å². The lowest BCUT2D eigenvalue weighted by Crippen LogP contribution is -2.10. The predicted molar refractivity (Wildman–Crippen MR) is 219 cm³/mol. The van der Waals surface area contributed by atoms with Gasteiger partial charge in [-0.15, -0.1) is 11.3 Å². The molecule has 0 spiro atoms. The van der Waals surface area contributed by atoms with Crippen molar-refractivity contribution in [1.82, 2.24) is 4.57 Å². The lowest BCUT2D eigenvalue weighted by Gasteiger charge is -2.27. The Bertz CT molecular complexity index is 3040. The zero-order chi connectivity index (χ0) is 35.0. The van der Waals surface area contributed by atoms with Crippen molar-refractivity contribution in [2.24, 2.45) is 0 Å². The Labute approximate surface area is 309 Å². The molecule has 1 aliphatic heterocycles. The Hall–Kier alpha value is -6.69. The van der Waals surface area contributed by atoms with E-state index >= 15 is 4.39 Å². The fourth-order valence-corrected chi connectivity index (χ4v) is 9.26. The highest BCUT2D eigenvalue weighted by molar-refractivity contribution is 7.26. The normalized spacial score (nSPS) is 12.0. The second kappa shape index (κ2) is 11.7. The number of benzene rings is 8. The van der Waals surface area contributed by atoms with Crippen LogP contribution in [0, 0.1) is 5.82 Å². The molecular weight excluding hydrogens is 672 g/mol. The lowest BCUT2D eigenvalue weighted by atomic mass is 9.98. The molecule has 3 heterocycles. The third-order valence-corrected chi connectivity index (χ3v) is 11.6. The lowest BCUT2D eigenvalue weighted by molar-refractivity contribution is 0.471. The highest BCUT2D eigenvalue weighted by atomic mass is 32.1. The number of aromatic nitrogens is 1. The number of hydrogen-bond donors (Lipinski definition) is 0. The smallest absolute Gasteiger partial charge is 0.155 e. The topological polar surface area (TPSA) is 17.4 Å². The third-order valence-electron chi connectivity index (χ3n) is 10.4. The standard InChI is InChI=1S/C48H29FN2OS/c49-33-28-38-46-36(13-8-15-40(46)51-39-14-5-6-17-42(39)52-43(29-33)48(38)51)32-22-26-35(27-23-32)50(34-24-20-31(21-25-34)30-10-2-1-3-11-30)41-16-9-19-45-47(41)37-12-4-7-18-44(37)53-45/h1-29H. The number of para-hydroxylation sites is 2. The molecule has 0 radical (unpaired) electrons. The van der Waals surface area contributed by atoms with E-state index in [0.29, 0.717) is 11.5 Å². The molecule has 0 saturated heterocycles. The van der Waals surface area contributed by atoms with Crippen molar-refractivity contribution in [2.45, 2.75) is 0 Å². The number of fused-ring (bicyclic) bond motifs is 8. The van der Waals surface area contributed by atoms with Gasteiger partial charge in [-0.05, 0) is 89.0 Å². The van der Waals surface area contributed by atoms with Crippen LogP contribution in [0.4, 0.5) is 21.5 Å². The summed E-state index contributed by atoms with van der Waals surface area (Å²) in [5, 5.41) is 4.33. The molecule has 1 aliphatic rings. The maximum absolute atomic E-state index is 15.2. The molecule has 53 heavy (non-hydrogen) atoms. The molecule has 0 atom stereocenters. The van der Waals surface area contributed by atoms with Crippen molar-refractivity contribution in [3.05, 3.63) is 182 Å². The van der Waals surface area contributed by atoms with Crippen LogP contribution in [0.2, 0.25) is 0 Å². The molecule has 0 amide bonds. The summed E-state index contributed by atoms with van der Waals surface area (Å²) in [5.74, 6) is 0.921. The average Bonchev–Trinajstić information content (AvgIpc) is 3.76. The molecule has 0 aliphatic carbocycles. The molecular formula is C48H29FN2OS. The average molecular weight is 701 g/mol. The van der Waals surface area contributed by atoms with Gasteiger partial charge in [-0.2, -0.15) is 0 Å². The van der Waals surface area contributed by atoms with E-state index in [1.807, 2.05) is 35.6 Å². The first-order valence-electron chi connectivity index (χ1n) is 17.7. The van der Waals surface area contributed by atoms with Gasteiger partial charge in [0, 0.05) is 48.4 Å². The van der Waals surface area contributed by atoms with Crippen molar-refractivity contribution in [3.63, 3.8) is 0 Å². The van der Waals surface area contributed by atoms with Gasteiger partial charge in [-0.1, -0.05) is 103 Å². The molecule has 0 saturated carbocycles. The quantitative estimate of drug-likeness (QED) is 0.178. The minimum absolute atomic E-state index is 0.319. The second-order valence-corrected chi connectivity index (χ2v) is 14.5. The fraction of sp³-hybridized carbons (Fsp3) is 0. The van der Waals surface area contributed by atoms with Crippen molar-refractivity contribution in [3.8, 4) is 39.4 Å². The molecule has 0 bridgehead atoms. The largest absolute Gasteiger partial charge is 0.453 e. The van der Waals surface area contributed by atoms with Gasteiger partial charge < -0.3 is 14.2 Å². The van der Waals surface area contributed by atoms with Crippen molar-refractivity contribution in [1.29, 1.82) is 0 Å². The minimum atomic E-state index is -0.319. The molecule has 2 aromatic heterocycles. The number of ether oxygens (including phenoxy) is 1. The maximum Gasteiger partial charge on any atom is 0.155 e. The van der Waals surface area contributed by atoms with Crippen LogP contribution in [0.1, 0.15) is 0 Å². The Balaban J connectivity index is 1.09. The van der Waals surface area contributed by atoms with Crippen molar-refractivity contribution in [2.75, 3.05) is 4.90 Å². The summed E-state index contributed by atoms with van der Waals surface area (Å²) < 4.78 is 26.2. The van der Waals surface area contributed by atoms with Gasteiger partial charge in [0.2, 0.25) is 0 Å². The van der Waals surface area contributed by atoms with Crippen LogP contribution in [0.25, 0.3) is 69.9 Å². The van der Waals surface area contributed by atoms with Crippen LogP contribution >= 0.6 is 11.3 Å². The summed E-state index contributed by atoms with van der Waals surface area (Å²) in [7, 11) is 0. The minimum Gasteiger partial charge on any atom is -0.453 e. The zero-order valence-corrected chi connectivity index (χ0v) is 29.1. The number of rotatable bonds is 5. The molecule has 0 fully saturated rings. The van der Waals surface area contributed by atoms with E-state index in [4.69, 9.17) is 4.74 Å². The van der Waals surface area contributed by atoms with Gasteiger partial charge >= 0.3 is 0 Å². The van der Waals surface area contributed by atoms with Crippen LogP contribution in [0.5, 0.6) is 11.5 Å². The van der Waals surface area contributed by atoms with E-state index in [1.165, 1.54) is 37.4 Å². The summed E-state index contributed by atoms with van der Waals surface area (Å²) in [4.78, 5) is 2.37. The molecule has 8 aromatic carbocycles. The third kappa shape index (κ3) is 4.64. The van der Waals surface area contributed by atoms with Crippen LogP contribution in [0.3, 0.4) is 0 Å². The number of halogens is 1. The van der Waals surface area contributed by atoms with E-state index in [-0.39, 0.29) is 5.82 Å². The number of hydrogen-bond acceptors (Lipinski definition) is 3. The van der Waals surface area contributed by atoms with Gasteiger partial charge in [0.05, 0.1) is 22.4 Å². The molecule has 3 nitrogen and oxygen atoms in total. The highest BCUT2D eigenvalue weighted by Crippen LogP contribution is 2.49. The van der Waals surface area contributed by atoms with E-state index in [9.17, 15) is 0 Å². The number of thiophene rings is 1. The van der Waals surface area contributed by atoms with Crippen LogP contribution in [-0.4, -0.2) is 4.57 Å². The monoisotopic (exact) mass is 700 g/mol. The first kappa shape index (κ1) is 30.0. The first-order chi connectivity index (χ1) is 26.2. The van der Waals surface area contributed by atoms with E-state index in [0.717, 1.165) is 55.7 Å². The summed E-state index contributed by atoms with van der Waals surface area (Å²) >= 11 is 1.83. The van der Waals surface area contributed by atoms with Gasteiger partial charge in [0.25, 0.3) is 0 Å². The summed E-state index contributed by atoms with van der Waals surface area (Å²) in [6, 6.07) is 60.8. The van der Waals surface area contributed by atoms with Gasteiger partial charge in [-0.3, -0.25) is 0 Å². The maximum atomic E-state index is 15.2. The second-order valence-electron chi connectivity index (χ2n) is 13.4. The highest BCUT2D eigenvalue weighted by Gasteiger charge is 2.26. The predicted octanol–water partition coefficient (Wildman–Crippen LogP) is 14.2. The molecule has 10 aromatic rings. The molecule has 250 valence electrons. The number of nitrogens with zero attached hydrogens (tertiary/aromatic N) is 2. The molecule has 0 unspecified atom stereocenters. The Morgan fingerprint density at radius 1 is 0.509 bits per heavy atom. The Morgan fingerprint density at radius 2 is 1.19 bits per heavy atom. The fourth-order valence-electron chi connectivity index (χ4n) is 8.13. The van der Waals surface area contributed by atoms with Gasteiger partial charge in [0.15, 0.2) is 11.5 Å². The van der Waals surface area contributed by atoms with Gasteiger partial charge in [-0.25, -0.2) is 4.39 Å². The zero-order valence-electron chi connectivity index (χ0n) is 28.3. The van der Waals surface area contributed by atoms with E-state index in [2.05, 4.69) is 149 Å². The SMILES string of the molecule is Fc1cc2c3c(c1)c1c(-c4ccc(N(c5ccc(-c6ccccc6)cc5)c5cccc6sc7ccccc7c56)cc4)cccc1n3-c1ccccc1O2. The Kier molecular flexibility index (Phi) is 6.60. The molecule has 5 heteroatoms. The van der Waals surface area contributed by atoms with Gasteiger partial charge in [0.1, 0.15) is 5.82 Å². The first-order valence-corrected chi connectivity index (χ1v) is 18.5. The molecule has 11 rings (SSSR count). The van der Waals surface area contributed by atoms with Crippen LogP contribution in [0.15, 0.2) is 176 Å². The summed E-state index contributed by atoms with van der Waals surface area (Å²) in [6.07, 6.45) is 0. The Morgan fingerprint density at radius 3 is 2.02 bits per heavy atom. The summed E-state index contributed by atoms with van der Waals surface area (Å²) in [5.41, 5.74) is 10.5. The van der Waals surface area contributed by atoms with Crippen LogP contribution < -0.4 is 9.64 Å². The summed E-state index contributed by atoms with van der Waals surface area (Å²) in [6.45, 7) is 0. The van der Waals surface area contributed by atoms with Crippen molar-refractivity contribution >= 4 is 70.4 Å². The van der Waals surface area contributed by atoms with E-state index in [1.54, 1.807) is 6.07 Å². The molecule has 0 N–H and O–H groups in total. The van der Waals surface area contributed by atoms with Crippen molar-refractivity contribution < 1.29 is 9.13 Å². The number of anilines is 3. The van der Waals surface area contributed by atoms with Crippen LogP contribution in [-0.2, 0) is 0 Å².